The summed E-state index contributed by atoms with van der Waals surface area (Å²) >= 11 is 0. The van der Waals surface area contributed by atoms with E-state index in [0.717, 1.165) is 32.1 Å². The Hall–Kier alpha value is -1.12. The Morgan fingerprint density at radius 3 is 1.81 bits per heavy atom. The van der Waals surface area contributed by atoms with E-state index >= 15 is 0 Å². The lowest BCUT2D eigenvalue weighted by Gasteiger charge is -2.13. The Labute approximate surface area is 196 Å². The third-order valence-electron chi connectivity index (χ3n) is 5.45. The second-order valence-corrected chi connectivity index (χ2v) is 8.86. The first-order valence-electron chi connectivity index (χ1n) is 13.0. The van der Waals surface area contributed by atoms with Gasteiger partial charge in [0.05, 0.1) is 12.7 Å². The Kier molecular flexibility index (Phi) is 22.3. The van der Waals surface area contributed by atoms with Crippen molar-refractivity contribution in [3.63, 3.8) is 0 Å². The van der Waals surface area contributed by atoms with Gasteiger partial charge in [0.1, 0.15) is 0 Å². The first-order chi connectivity index (χ1) is 15.5. The zero-order valence-electron chi connectivity index (χ0n) is 20.7. The van der Waals surface area contributed by atoms with Crippen molar-refractivity contribution < 1.29 is 24.5 Å². The van der Waals surface area contributed by atoms with Gasteiger partial charge in [-0.05, 0) is 26.1 Å². The molecule has 8 heteroatoms. The number of nitrogens with one attached hydrogen (secondary N) is 2. The lowest BCUT2D eigenvalue weighted by Crippen LogP contribution is -2.42. The number of unbranched alkanes of at least 4 members (excludes halogenated alkanes) is 12. The predicted molar refractivity (Wildman–Crippen MR) is 131 cm³/mol. The molecule has 7 nitrogen and oxygen atoms in total. The number of aliphatic hydroxyl groups excluding tert-OH is 1. The predicted octanol–water partition coefficient (Wildman–Crippen LogP) is 3.97. The van der Waals surface area contributed by atoms with E-state index in [4.69, 9.17) is 9.76 Å². The van der Waals surface area contributed by atoms with Crippen molar-refractivity contribution in [1.29, 1.82) is 0 Å². The molecule has 1 unspecified atom stereocenters. The van der Waals surface area contributed by atoms with Crippen LogP contribution in [0.3, 0.4) is 0 Å². The van der Waals surface area contributed by atoms with Gasteiger partial charge in [0.15, 0.2) is 0 Å². The first-order valence-corrected chi connectivity index (χ1v) is 13.0. The summed E-state index contributed by atoms with van der Waals surface area (Å²) < 4.78 is 5.16. The van der Waals surface area contributed by atoms with Crippen LogP contribution in [0, 0.1) is 0 Å². The standard InChI is InChI=1S/C24H49BN2O5/c1-3-17-24(30)32-19-16-14-12-10-8-6-4-5-7-9-11-13-15-18-23(29)26-20-22(28)21-27-25(2)31/h22,27-28,31H,3-21H2,1-2H3,(H,26,29). The minimum Gasteiger partial charge on any atom is -0.466 e. The summed E-state index contributed by atoms with van der Waals surface area (Å²) in [7, 11) is -0.661. The number of carbonyl (C=O) groups is 2. The highest BCUT2D eigenvalue weighted by Crippen LogP contribution is 2.13. The molecule has 0 radical (unpaired) electrons. The number of hydrogen-bond donors (Lipinski definition) is 4. The summed E-state index contributed by atoms with van der Waals surface area (Å²) in [5.74, 6) is -0.0775. The zero-order valence-corrected chi connectivity index (χ0v) is 20.7. The van der Waals surface area contributed by atoms with Gasteiger partial charge < -0.3 is 25.4 Å². The van der Waals surface area contributed by atoms with E-state index in [1.807, 2.05) is 6.92 Å². The summed E-state index contributed by atoms with van der Waals surface area (Å²) in [6.07, 6.45) is 16.7. The Balaban J connectivity index is 3.24. The van der Waals surface area contributed by atoms with E-state index in [-0.39, 0.29) is 25.0 Å². The van der Waals surface area contributed by atoms with Crippen molar-refractivity contribution in [3.05, 3.63) is 0 Å². The number of rotatable bonds is 23. The van der Waals surface area contributed by atoms with Gasteiger partial charge in [0.2, 0.25) is 5.91 Å². The van der Waals surface area contributed by atoms with Crippen LogP contribution in [0.4, 0.5) is 0 Å². The lowest BCUT2D eigenvalue weighted by atomic mass is 9.89. The largest absolute Gasteiger partial charge is 0.466 e. The summed E-state index contributed by atoms with van der Waals surface area (Å²) in [5, 5.41) is 24.2. The van der Waals surface area contributed by atoms with Crippen molar-refractivity contribution in [1.82, 2.24) is 10.5 Å². The van der Waals surface area contributed by atoms with Crippen molar-refractivity contribution in [2.75, 3.05) is 19.7 Å². The van der Waals surface area contributed by atoms with Crippen LogP contribution in [0.2, 0.25) is 6.82 Å². The molecular formula is C24H49BN2O5. The molecule has 0 spiro atoms. The van der Waals surface area contributed by atoms with E-state index in [1.165, 1.54) is 57.8 Å². The first kappa shape index (κ1) is 30.9. The molecule has 1 amide bonds. The molecule has 0 saturated heterocycles. The zero-order chi connectivity index (χ0) is 23.9. The minimum atomic E-state index is -0.685. The fraction of sp³-hybridized carbons (Fsp3) is 0.917. The van der Waals surface area contributed by atoms with Crippen LogP contribution in [0.5, 0.6) is 0 Å². The third kappa shape index (κ3) is 23.5. The van der Waals surface area contributed by atoms with Crippen molar-refractivity contribution >= 4 is 18.9 Å². The summed E-state index contributed by atoms with van der Waals surface area (Å²) in [5.41, 5.74) is 0. The van der Waals surface area contributed by atoms with Gasteiger partial charge in [0.25, 0.3) is 0 Å². The molecule has 188 valence electrons. The van der Waals surface area contributed by atoms with E-state index < -0.39 is 13.2 Å². The van der Waals surface area contributed by atoms with E-state index in [0.29, 0.717) is 19.4 Å². The van der Waals surface area contributed by atoms with Gasteiger partial charge in [-0.15, -0.1) is 0 Å². The normalized spacial score (nSPS) is 11.9. The molecule has 0 aromatic carbocycles. The van der Waals surface area contributed by atoms with Crippen LogP contribution >= 0.6 is 0 Å². The smallest absolute Gasteiger partial charge is 0.373 e. The molecule has 0 aliphatic heterocycles. The van der Waals surface area contributed by atoms with Crippen LogP contribution in [0.15, 0.2) is 0 Å². The SMILES string of the molecule is CCCC(=O)OCCCCCCCCCCCCCCCC(=O)NCC(O)CNB(C)O. The molecule has 0 aromatic rings. The van der Waals surface area contributed by atoms with Gasteiger partial charge in [-0.1, -0.05) is 77.6 Å². The molecule has 0 bridgehead atoms. The van der Waals surface area contributed by atoms with Gasteiger partial charge in [-0.25, -0.2) is 0 Å². The van der Waals surface area contributed by atoms with Gasteiger partial charge >= 0.3 is 13.0 Å². The number of aliphatic hydroxyl groups is 1. The maximum absolute atomic E-state index is 11.8. The monoisotopic (exact) mass is 456 g/mol. The molecule has 0 aliphatic carbocycles. The highest BCUT2D eigenvalue weighted by atomic mass is 16.5. The number of ether oxygens (including phenoxy) is 1. The van der Waals surface area contributed by atoms with E-state index in [9.17, 15) is 14.7 Å². The summed E-state index contributed by atoms with van der Waals surface area (Å²) in [6, 6.07) is 0. The van der Waals surface area contributed by atoms with Crippen LogP contribution < -0.4 is 10.5 Å². The fourth-order valence-electron chi connectivity index (χ4n) is 3.49. The molecule has 0 rings (SSSR count). The molecule has 1 atom stereocenters. The molecule has 0 aliphatic rings. The average Bonchev–Trinajstić information content (AvgIpc) is 2.76. The van der Waals surface area contributed by atoms with Crippen LogP contribution in [-0.2, 0) is 14.3 Å². The van der Waals surface area contributed by atoms with Gasteiger partial charge in [-0.2, -0.15) is 0 Å². The highest BCUT2D eigenvalue weighted by molar-refractivity contribution is 6.45. The van der Waals surface area contributed by atoms with Crippen LogP contribution in [-0.4, -0.2) is 54.9 Å². The molecule has 4 N–H and O–H groups in total. The van der Waals surface area contributed by atoms with Crippen molar-refractivity contribution in [3.8, 4) is 0 Å². The summed E-state index contributed by atoms with van der Waals surface area (Å²) in [4.78, 5) is 23.0. The second kappa shape index (κ2) is 23.1. The molecule has 32 heavy (non-hydrogen) atoms. The highest BCUT2D eigenvalue weighted by Gasteiger charge is 2.09. The van der Waals surface area contributed by atoms with E-state index in [1.54, 1.807) is 6.82 Å². The number of carbonyl (C=O) groups excluding carboxylic acids is 2. The molecule has 0 aromatic heterocycles. The average molecular weight is 456 g/mol. The van der Waals surface area contributed by atoms with E-state index in [2.05, 4.69) is 10.5 Å². The maximum atomic E-state index is 11.8. The number of amides is 1. The fourth-order valence-corrected chi connectivity index (χ4v) is 3.49. The van der Waals surface area contributed by atoms with Crippen molar-refractivity contribution in [2.24, 2.45) is 0 Å². The Bertz CT molecular complexity index is 452. The van der Waals surface area contributed by atoms with Gasteiger partial charge in [-0.3, -0.25) is 9.59 Å². The van der Waals surface area contributed by atoms with Crippen molar-refractivity contribution in [2.45, 2.75) is 123 Å². The maximum Gasteiger partial charge on any atom is 0.373 e. The quantitative estimate of drug-likeness (QED) is 0.105. The summed E-state index contributed by atoms with van der Waals surface area (Å²) in [6.45, 7) is 4.63. The molecule has 0 heterocycles. The third-order valence-corrected chi connectivity index (χ3v) is 5.45. The number of hydrogen-bond acceptors (Lipinski definition) is 6. The topological polar surface area (TPSA) is 108 Å². The van der Waals surface area contributed by atoms with Crippen LogP contribution in [0.1, 0.15) is 110 Å². The van der Waals surface area contributed by atoms with Gasteiger partial charge in [0, 0.05) is 25.9 Å². The van der Waals surface area contributed by atoms with Crippen LogP contribution in [0.25, 0.3) is 0 Å². The molecule has 0 fully saturated rings. The molecular weight excluding hydrogens is 407 g/mol. The lowest BCUT2D eigenvalue weighted by molar-refractivity contribution is -0.143. The molecule has 0 saturated carbocycles. The second-order valence-electron chi connectivity index (χ2n) is 8.86. The minimum absolute atomic E-state index is 0.0152. The number of esters is 1. The Morgan fingerprint density at radius 2 is 1.31 bits per heavy atom. The Morgan fingerprint density at radius 1 is 0.812 bits per heavy atom.